The van der Waals surface area contributed by atoms with Gasteiger partial charge in [0.2, 0.25) is 5.88 Å². The third kappa shape index (κ3) is 11.0. The first-order valence-electron chi connectivity index (χ1n) is 30.0. The number of piperidine rings is 1. The average molecular weight is 1190 g/mol. The molecular weight excluding hydrogens is 1110 g/mol. The number of sulfonamides is 1. The predicted octanol–water partition coefficient (Wildman–Crippen LogP) is 10.4. The van der Waals surface area contributed by atoms with E-state index in [4.69, 9.17) is 28.7 Å². The van der Waals surface area contributed by atoms with Crippen molar-refractivity contribution in [2.45, 2.75) is 120 Å². The summed E-state index contributed by atoms with van der Waals surface area (Å²) in [6.07, 6.45) is 7.23. The van der Waals surface area contributed by atoms with Crippen molar-refractivity contribution in [3.05, 3.63) is 130 Å². The number of ether oxygens (including phenoxy) is 5. The number of amides is 1. The van der Waals surface area contributed by atoms with Gasteiger partial charge in [0.1, 0.15) is 29.8 Å². The maximum Gasteiger partial charge on any atom is 0.297 e. The molecule has 7 aliphatic rings. The number of nitro benzene ring substituents is 1. The van der Waals surface area contributed by atoms with Crippen LogP contribution in [0.4, 0.5) is 37.2 Å². The minimum atomic E-state index is -4.74. The Morgan fingerprint density at radius 1 is 0.882 bits per heavy atom. The molecule has 19 nitrogen and oxygen atoms in total. The van der Waals surface area contributed by atoms with Crippen LogP contribution in [-0.4, -0.2) is 135 Å². The number of aromatic amines is 1. The fraction of sp³-hybridized carbons (Fsp3) is 0.492. The highest BCUT2D eigenvalue weighted by atomic mass is 32.2. The molecule has 1 amide bonds. The van der Waals surface area contributed by atoms with E-state index in [9.17, 15) is 32.1 Å². The van der Waals surface area contributed by atoms with Gasteiger partial charge in [-0.1, -0.05) is 38.1 Å². The molecule has 3 N–H and O–H groups in total. The number of aromatic nitrogens is 2. The number of nitro groups is 1. The molecule has 5 fully saturated rings. The van der Waals surface area contributed by atoms with Gasteiger partial charge in [-0.2, -0.15) is 4.98 Å². The van der Waals surface area contributed by atoms with E-state index in [0.717, 1.165) is 98.7 Å². The van der Waals surface area contributed by atoms with Gasteiger partial charge in [-0.3, -0.25) is 24.7 Å². The molecule has 0 bridgehead atoms. The van der Waals surface area contributed by atoms with Gasteiger partial charge in [0, 0.05) is 99.6 Å². The van der Waals surface area contributed by atoms with Crippen molar-refractivity contribution < 1.29 is 50.6 Å². The first kappa shape index (κ1) is 57.0. The third-order valence-corrected chi connectivity index (χ3v) is 20.2. The molecule has 0 unspecified atom stereocenters. The van der Waals surface area contributed by atoms with Crippen molar-refractivity contribution >= 4 is 55.4 Å². The third-order valence-electron chi connectivity index (χ3n) is 18.9. The lowest BCUT2D eigenvalue weighted by Crippen LogP contribution is -2.60. The second kappa shape index (κ2) is 23.0. The fourth-order valence-corrected chi connectivity index (χ4v) is 15.6. The fourth-order valence-electron chi connectivity index (χ4n) is 14.6. The number of nitrogens with zero attached hydrogens (tertiary/aromatic N) is 6. The van der Waals surface area contributed by atoms with Gasteiger partial charge in [-0.15, -0.1) is 0 Å². The van der Waals surface area contributed by atoms with E-state index in [-0.39, 0.29) is 77.7 Å². The molecule has 5 atom stereocenters. The van der Waals surface area contributed by atoms with E-state index in [1.807, 2.05) is 50.2 Å². The Bertz CT molecular complexity index is 3620. The summed E-state index contributed by atoms with van der Waals surface area (Å²) in [6, 6.07) is 23.8. The lowest BCUT2D eigenvalue weighted by molar-refractivity contribution is -0.384. The van der Waals surface area contributed by atoms with E-state index < -0.39 is 49.2 Å². The van der Waals surface area contributed by atoms with Crippen molar-refractivity contribution in [2.75, 3.05) is 80.9 Å². The number of hydrogen-bond donors (Lipinski definition) is 3. The molecule has 450 valence electrons. The summed E-state index contributed by atoms with van der Waals surface area (Å²) in [6.45, 7) is 14.1. The predicted molar refractivity (Wildman–Crippen MR) is 317 cm³/mol. The normalized spacial score (nSPS) is 23.3. The first-order valence-corrected chi connectivity index (χ1v) is 31.5. The number of anilines is 4. The summed E-state index contributed by atoms with van der Waals surface area (Å²) in [5.41, 5.74) is 4.21. The van der Waals surface area contributed by atoms with E-state index in [0.29, 0.717) is 61.7 Å². The van der Waals surface area contributed by atoms with Gasteiger partial charge in [-0.05, 0) is 130 Å². The first-order chi connectivity index (χ1) is 41.0. The van der Waals surface area contributed by atoms with Crippen molar-refractivity contribution in [1.82, 2.24) is 24.5 Å². The van der Waals surface area contributed by atoms with Gasteiger partial charge in [0.05, 0.1) is 51.9 Å². The minimum absolute atomic E-state index is 0.00892. The zero-order valence-corrected chi connectivity index (χ0v) is 49.1. The van der Waals surface area contributed by atoms with Gasteiger partial charge in [-0.25, -0.2) is 21.9 Å². The van der Waals surface area contributed by atoms with Crippen LogP contribution < -0.4 is 34.0 Å². The van der Waals surface area contributed by atoms with Crippen LogP contribution in [0.25, 0.3) is 11.0 Å². The Morgan fingerprint density at radius 3 is 2.44 bits per heavy atom. The lowest BCUT2D eigenvalue weighted by atomic mass is 9.59. The summed E-state index contributed by atoms with van der Waals surface area (Å²) in [7, 11) is -4.74. The number of pyridine rings is 1. The molecule has 6 aliphatic heterocycles. The Labute approximate surface area is 493 Å². The summed E-state index contributed by atoms with van der Waals surface area (Å²) in [4.78, 5) is 44.0. The van der Waals surface area contributed by atoms with Gasteiger partial charge in [0.15, 0.2) is 23.1 Å². The van der Waals surface area contributed by atoms with Gasteiger partial charge < -0.3 is 43.8 Å². The molecule has 1 saturated carbocycles. The number of para-hydroxylation sites is 1. The smallest absolute Gasteiger partial charge is 0.297 e. The Balaban J connectivity index is 0.779. The van der Waals surface area contributed by atoms with E-state index in [1.165, 1.54) is 18.2 Å². The topological polar surface area (TPSA) is 206 Å². The summed E-state index contributed by atoms with van der Waals surface area (Å²) < 4.78 is 90.9. The zero-order chi connectivity index (χ0) is 58.9. The number of fused-ring (bicyclic) bond motifs is 4. The largest absolute Gasteiger partial charge is 0.491 e. The summed E-state index contributed by atoms with van der Waals surface area (Å²) >= 11 is 0. The molecular formula is C63H73F2N9O10S. The molecule has 0 radical (unpaired) electrons. The molecule has 6 aromatic rings. The molecule has 1 aliphatic carbocycles. The number of nitrogens with one attached hydrogen (secondary N) is 3. The monoisotopic (exact) mass is 1190 g/mol. The Kier molecular flexibility index (Phi) is 15.4. The van der Waals surface area contributed by atoms with Crippen LogP contribution in [0, 0.1) is 39.0 Å². The minimum Gasteiger partial charge on any atom is -0.491 e. The number of piperazine rings is 1. The number of benzene rings is 4. The van der Waals surface area contributed by atoms with Crippen LogP contribution in [0.15, 0.2) is 96.0 Å². The van der Waals surface area contributed by atoms with Crippen LogP contribution in [0.2, 0.25) is 0 Å². The maximum absolute atomic E-state index is 15.0. The second-order valence-electron chi connectivity index (χ2n) is 24.8. The molecule has 2 aromatic heterocycles. The molecule has 85 heavy (non-hydrogen) atoms. The van der Waals surface area contributed by atoms with E-state index >= 15 is 0 Å². The van der Waals surface area contributed by atoms with Crippen molar-refractivity contribution in [3.63, 3.8) is 0 Å². The number of H-pyrrole nitrogens is 1. The molecule has 8 heterocycles. The highest BCUT2D eigenvalue weighted by Gasteiger charge is 2.51. The molecule has 22 heteroatoms. The Hall–Kier alpha value is -7.11. The number of hydrogen-bond acceptors (Lipinski definition) is 16. The second-order valence-corrected chi connectivity index (χ2v) is 26.5. The highest BCUT2D eigenvalue weighted by Crippen LogP contribution is 2.55. The van der Waals surface area contributed by atoms with Crippen molar-refractivity contribution in [3.8, 4) is 17.4 Å². The van der Waals surface area contributed by atoms with Crippen LogP contribution in [-0.2, 0) is 19.5 Å². The lowest BCUT2D eigenvalue weighted by Gasteiger charge is -2.59. The highest BCUT2D eigenvalue weighted by molar-refractivity contribution is 7.90. The maximum atomic E-state index is 15.0. The van der Waals surface area contributed by atoms with E-state index in [2.05, 4.69) is 60.6 Å². The molecule has 4 aromatic carbocycles. The van der Waals surface area contributed by atoms with Crippen LogP contribution in [0.3, 0.4) is 0 Å². The number of carbonyl (C=O) groups excluding carboxylic acids is 1. The number of carbonyl (C=O) groups is 1. The van der Waals surface area contributed by atoms with Gasteiger partial charge in [0.25, 0.3) is 21.6 Å². The number of halogens is 2. The SMILES string of the molecule is CC(C)Oc1ccccc1[C@@H]1CN([C@@H](c2ccc(F)c(F)c2)C(C)C)CCN1C1CC2(CCN(c3ccc(C(=O)NS(=O)(=O)c4cc5c(c([N+](=O)[O-])c4)N[C@H](C4CCOCC4)CO5)c(N4c5cc6cc[nH]c6nc5O[C@H]5COCC[C@@H]54)c3)CC2)C1. The van der Waals surface area contributed by atoms with Crippen molar-refractivity contribution in [1.29, 1.82) is 0 Å². The standard InChI is InChI=1S/C63H73F2N9O10S/c1-37(2)59(40-9-12-47(64)48(65)27-40)71-22-23-72(54(34-71)45-7-5-6-8-55(45)83-38(3)4)43-32-63(33-43)17-20-70(21-18-63)42-10-11-46(51(29-42)73-50-16-26-81-36-57(50)84-62-53(73)28-41-13-19-66-60(41)68-62)61(75)69-85(78,79)44-30-52(74(76)77)58-56(31-44)82-35-49(67-58)39-14-24-80-25-15-39/h5-13,19,27-31,37-39,43,49-50,54,57,59,67H,14-18,20-26,32-36H2,1-4H3,(H,66,68)(H,69,75)/t49-,50-,54-,57-,59+/m0/s1. The molecule has 4 saturated heterocycles. The average Bonchev–Trinajstić information content (AvgIpc) is 1.92. The molecule has 1 spiro atoms. The van der Waals surface area contributed by atoms with Crippen LogP contribution in [0.1, 0.15) is 106 Å². The van der Waals surface area contributed by atoms with Crippen molar-refractivity contribution in [2.24, 2.45) is 17.3 Å². The van der Waals surface area contributed by atoms with Crippen LogP contribution in [0.5, 0.6) is 17.4 Å². The van der Waals surface area contributed by atoms with E-state index in [1.54, 1.807) is 18.3 Å². The number of rotatable bonds is 14. The zero-order valence-electron chi connectivity index (χ0n) is 48.3. The Morgan fingerprint density at radius 2 is 1.67 bits per heavy atom. The quantitative estimate of drug-likeness (QED) is 0.0685. The summed E-state index contributed by atoms with van der Waals surface area (Å²) in [5, 5.41) is 16.7. The summed E-state index contributed by atoms with van der Waals surface area (Å²) in [5.74, 6) is -1.13. The van der Waals surface area contributed by atoms with Crippen LogP contribution >= 0.6 is 0 Å². The van der Waals surface area contributed by atoms with Gasteiger partial charge >= 0.3 is 0 Å². The molecule has 13 rings (SSSR count).